The highest BCUT2D eigenvalue weighted by atomic mass is 16.5. The number of ether oxygens (including phenoxy) is 1. The fourth-order valence-corrected chi connectivity index (χ4v) is 6.65. The summed E-state index contributed by atoms with van der Waals surface area (Å²) in [5.74, 6) is 0.809. The largest absolute Gasteiger partial charge is 0.507 e. The van der Waals surface area contributed by atoms with Crippen molar-refractivity contribution in [3.63, 3.8) is 0 Å². The van der Waals surface area contributed by atoms with Crippen molar-refractivity contribution in [2.45, 2.75) is 31.2 Å². The first-order valence-corrected chi connectivity index (χ1v) is 12.4. The van der Waals surface area contributed by atoms with Crippen molar-refractivity contribution in [1.29, 1.82) is 0 Å². The van der Waals surface area contributed by atoms with Crippen LogP contribution in [0.15, 0.2) is 72.3 Å². The highest BCUT2D eigenvalue weighted by Crippen LogP contribution is 2.58. The fourth-order valence-electron chi connectivity index (χ4n) is 6.65. The van der Waals surface area contributed by atoms with Crippen LogP contribution in [-0.2, 0) is 27.9 Å². The molecule has 5 aliphatic rings. The highest BCUT2D eigenvalue weighted by molar-refractivity contribution is 5.94. The van der Waals surface area contributed by atoms with Gasteiger partial charge >= 0.3 is 0 Å². The van der Waals surface area contributed by atoms with E-state index in [1.807, 2.05) is 22.2 Å². The molecule has 6 heteroatoms. The first-order chi connectivity index (χ1) is 16.7. The molecular weight excluding hydrogens is 426 g/mol. The average molecular weight is 456 g/mol. The Bertz CT molecular complexity index is 1180. The van der Waals surface area contributed by atoms with Crippen LogP contribution < -0.4 is 0 Å². The Hall–Kier alpha value is -3.09. The molecule has 0 radical (unpaired) electrons. The number of amides is 1. The van der Waals surface area contributed by atoms with Crippen LogP contribution in [0.1, 0.15) is 35.1 Å². The van der Waals surface area contributed by atoms with E-state index in [2.05, 4.69) is 53.5 Å². The number of nitrogens with zero attached hydrogens (tertiary/aromatic N) is 3. The molecule has 0 spiro atoms. The van der Waals surface area contributed by atoms with Gasteiger partial charge in [-0.2, -0.15) is 5.01 Å². The first-order valence-electron chi connectivity index (χ1n) is 12.4. The lowest BCUT2D eigenvalue weighted by Gasteiger charge is -2.53. The van der Waals surface area contributed by atoms with Crippen LogP contribution in [0, 0.1) is 11.8 Å². The van der Waals surface area contributed by atoms with E-state index < -0.39 is 5.54 Å². The van der Waals surface area contributed by atoms with Gasteiger partial charge in [-0.05, 0) is 65.8 Å². The van der Waals surface area contributed by atoms with Crippen LogP contribution in [0.3, 0.4) is 0 Å². The molecule has 2 fully saturated rings. The Morgan fingerprint density at radius 2 is 1.68 bits per heavy atom. The molecule has 1 N–H and O–H groups in total. The monoisotopic (exact) mass is 455 g/mol. The van der Waals surface area contributed by atoms with Gasteiger partial charge in [0, 0.05) is 12.7 Å². The van der Waals surface area contributed by atoms with E-state index in [1.165, 1.54) is 35.1 Å². The number of hydrogen-bond acceptors (Lipinski definition) is 5. The van der Waals surface area contributed by atoms with Gasteiger partial charge in [-0.25, -0.2) is 0 Å². The van der Waals surface area contributed by atoms with Crippen molar-refractivity contribution in [3.8, 4) is 0 Å². The van der Waals surface area contributed by atoms with E-state index in [9.17, 15) is 9.90 Å². The van der Waals surface area contributed by atoms with E-state index in [-0.39, 0.29) is 18.3 Å². The Kier molecular flexibility index (Phi) is 4.45. The quantitative estimate of drug-likeness (QED) is 0.765. The summed E-state index contributed by atoms with van der Waals surface area (Å²) in [4.78, 5) is 15.6. The summed E-state index contributed by atoms with van der Waals surface area (Å²) >= 11 is 0. The number of hydrogen-bond donors (Lipinski definition) is 1. The molecular formula is C28H29N3O3. The average Bonchev–Trinajstić information content (AvgIpc) is 3.51. The lowest BCUT2D eigenvalue weighted by atomic mass is 9.81. The van der Waals surface area contributed by atoms with Gasteiger partial charge in [0.2, 0.25) is 0 Å². The van der Waals surface area contributed by atoms with Gasteiger partial charge in [-0.15, -0.1) is 0 Å². The lowest BCUT2D eigenvalue weighted by Crippen LogP contribution is -2.64. The zero-order valence-electron chi connectivity index (χ0n) is 19.2. The molecule has 3 aliphatic carbocycles. The number of aliphatic hydroxyl groups excluding tert-OH is 1. The smallest absolute Gasteiger partial charge is 0.276 e. The second kappa shape index (κ2) is 7.45. The summed E-state index contributed by atoms with van der Waals surface area (Å²) in [5, 5.41) is 15.4. The molecule has 174 valence electrons. The predicted octanol–water partition coefficient (Wildman–Crippen LogP) is 3.70. The molecule has 0 unspecified atom stereocenters. The van der Waals surface area contributed by atoms with E-state index in [0.29, 0.717) is 30.8 Å². The van der Waals surface area contributed by atoms with Crippen molar-refractivity contribution in [3.05, 3.63) is 94.5 Å². The minimum Gasteiger partial charge on any atom is -0.507 e. The number of fused-ring (bicyclic) bond motifs is 6. The Labute approximate surface area is 199 Å². The molecule has 1 amide bonds. The van der Waals surface area contributed by atoms with E-state index in [0.717, 1.165) is 19.4 Å². The minimum absolute atomic E-state index is 0.00496. The second-order valence-electron chi connectivity index (χ2n) is 10.2. The fraction of sp³-hybridized carbons (Fsp3) is 0.393. The summed E-state index contributed by atoms with van der Waals surface area (Å²) in [5.41, 5.74) is 5.31. The number of aliphatic hydroxyl groups is 1. The SMILES string of the molecule is O=C1/C2=C(\O)COC/C=C\N2N(C23c4ccccc4CC2Cc2ccccc23)CN1CC1CC1. The molecule has 1 saturated carbocycles. The Morgan fingerprint density at radius 1 is 1.00 bits per heavy atom. The van der Waals surface area contributed by atoms with Gasteiger partial charge in [-0.1, -0.05) is 48.5 Å². The predicted molar refractivity (Wildman–Crippen MR) is 127 cm³/mol. The molecule has 2 aliphatic heterocycles. The molecule has 6 nitrogen and oxygen atoms in total. The summed E-state index contributed by atoms with van der Waals surface area (Å²) in [6.07, 6.45) is 8.20. The van der Waals surface area contributed by atoms with Gasteiger partial charge in [0.1, 0.15) is 12.4 Å². The second-order valence-corrected chi connectivity index (χ2v) is 10.2. The van der Waals surface area contributed by atoms with Crippen LogP contribution in [0.4, 0.5) is 0 Å². The zero-order chi connectivity index (χ0) is 22.9. The molecule has 7 rings (SSSR count). The molecule has 0 bridgehead atoms. The zero-order valence-corrected chi connectivity index (χ0v) is 19.2. The van der Waals surface area contributed by atoms with E-state index >= 15 is 0 Å². The van der Waals surface area contributed by atoms with Crippen LogP contribution in [0.25, 0.3) is 0 Å². The molecule has 34 heavy (non-hydrogen) atoms. The highest BCUT2D eigenvalue weighted by Gasteiger charge is 2.60. The number of hydrazine groups is 1. The molecule has 0 atom stereocenters. The normalized spacial score (nSPS) is 31.4. The summed E-state index contributed by atoms with van der Waals surface area (Å²) in [7, 11) is 0. The van der Waals surface area contributed by atoms with Crippen molar-refractivity contribution in [2.24, 2.45) is 11.8 Å². The van der Waals surface area contributed by atoms with E-state index in [4.69, 9.17) is 4.74 Å². The van der Waals surface area contributed by atoms with Crippen molar-refractivity contribution < 1.29 is 14.6 Å². The third-order valence-corrected chi connectivity index (χ3v) is 8.22. The standard InChI is InChI=1S/C28H29N3O3/c32-25-17-34-13-5-12-30-26(25)27(33)29(16-19-10-11-19)18-31(30)28-22(14-20-6-1-3-8-23(20)28)15-21-7-2-4-9-24(21)28/h1-9,12,19,22,32H,10-11,13-18H2/b12-5-,26-25+. The number of rotatable bonds is 3. The van der Waals surface area contributed by atoms with Crippen molar-refractivity contribution >= 4 is 5.91 Å². The first kappa shape index (κ1) is 20.3. The van der Waals surface area contributed by atoms with E-state index in [1.54, 1.807) is 0 Å². The van der Waals surface area contributed by atoms with Crippen LogP contribution in [-0.4, -0.2) is 52.4 Å². The molecule has 1 saturated heterocycles. The van der Waals surface area contributed by atoms with Gasteiger partial charge in [0.05, 0.1) is 18.8 Å². The Balaban J connectivity index is 1.46. The lowest BCUT2D eigenvalue weighted by molar-refractivity contribution is -0.162. The molecule has 2 aromatic carbocycles. The Morgan fingerprint density at radius 3 is 2.35 bits per heavy atom. The van der Waals surface area contributed by atoms with Crippen molar-refractivity contribution in [1.82, 2.24) is 14.9 Å². The number of benzene rings is 2. The number of carbonyl (C=O) groups is 1. The third-order valence-electron chi connectivity index (χ3n) is 8.22. The molecule has 2 aromatic rings. The number of carbonyl (C=O) groups excluding carboxylic acids is 1. The summed E-state index contributed by atoms with van der Waals surface area (Å²) in [6, 6.07) is 17.5. The van der Waals surface area contributed by atoms with Crippen LogP contribution in [0.2, 0.25) is 0 Å². The van der Waals surface area contributed by atoms with Crippen LogP contribution in [0.5, 0.6) is 0 Å². The minimum atomic E-state index is -0.397. The van der Waals surface area contributed by atoms with Gasteiger partial charge < -0.3 is 14.7 Å². The summed E-state index contributed by atoms with van der Waals surface area (Å²) < 4.78 is 5.56. The van der Waals surface area contributed by atoms with Gasteiger partial charge in [0.25, 0.3) is 5.91 Å². The molecule has 2 heterocycles. The third kappa shape index (κ3) is 2.79. The van der Waals surface area contributed by atoms with Crippen molar-refractivity contribution in [2.75, 3.05) is 26.4 Å². The summed E-state index contributed by atoms with van der Waals surface area (Å²) in [6.45, 7) is 1.66. The van der Waals surface area contributed by atoms with Gasteiger partial charge in [0.15, 0.2) is 5.70 Å². The maximum Gasteiger partial charge on any atom is 0.276 e. The maximum absolute atomic E-state index is 13.7. The van der Waals surface area contributed by atoms with Gasteiger partial charge in [-0.3, -0.25) is 9.80 Å². The maximum atomic E-state index is 13.7. The van der Waals surface area contributed by atoms with Crippen LogP contribution >= 0.6 is 0 Å². The molecule has 0 aromatic heterocycles. The topological polar surface area (TPSA) is 56.3 Å².